The van der Waals surface area contributed by atoms with Crippen LogP contribution in [-0.4, -0.2) is 15.6 Å². The summed E-state index contributed by atoms with van der Waals surface area (Å²) in [5.41, 5.74) is 0.571. The lowest BCUT2D eigenvalue weighted by molar-refractivity contribution is 0.104. The van der Waals surface area contributed by atoms with Gasteiger partial charge >= 0.3 is 0 Å². The lowest BCUT2D eigenvalue weighted by atomic mass is 10.2. The summed E-state index contributed by atoms with van der Waals surface area (Å²) in [6.07, 6.45) is 6.36. The van der Waals surface area contributed by atoms with Crippen molar-refractivity contribution in [1.82, 2.24) is 9.78 Å². The van der Waals surface area contributed by atoms with Crippen LogP contribution in [0.25, 0.3) is 6.08 Å². The number of carbonyl (C=O) groups excluding carboxylic acids is 1. The first-order chi connectivity index (χ1) is 7.65. The molecule has 2 rings (SSSR count). The van der Waals surface area contributed by atoms with Crippen LogP contribution in [0.2, 0.25) is 0 Å². The normalized spacial score (nSPS) is 11.1. The number of hydrogen-bond acceptors (Lipinski definition) is 3. The molecule has 16 heavy (non-hydrogen) atoms. The molecule has 0 aliphatic heterocycles. The SMILES string of the molecule is Cc1ccc(/C=C/C(=O)c2cnn(C)c2)o1. The summed E-state index contributed by atoms with van der Waals surface area (Å²) in [5, 5.41) is 3.94. The van der Waals surface area contributed by atoms with Crippen molar-refractivity contribution in [3.8, 4) is 0 Å². The summed E-state index contributed by atoms with van der Waals surface area (Å²) in [7, 11) is 1.77. The first-order valence-electron chi connectivity index (χ1n) is 4.92. The van der Waals surface area contributed by atoms with Gasteiger partial charge in [-0.1, -0.05) is 0 Å². The molecule has 0 aromatic carbocycles. The molecule has 0 saturated heterocycles. The number of carbonyl (C=O) groups is 1. The first-order valence-corrected chi connectivity index (χ1v) is 4.92. The lowest BCUT2D eigenvalue weighted by Crippen LogP contribution is -1.91. The predicted molar refractivity (Wildman–Crippen MR) is 60.0 cm³/mol. The third kappa shape index (κ3) is 2.28. The second kappa shape index (κ2) is 4.18. The zero-order chi connectivity index (χ0) is 11.5. The maximum absolute atomic E-state index is 11.7. The van der Waals surface area contributed by atoms with Crippen molar-refractivity contribution in [3.05, 3.63) is 47.7 Å². The van der Waals surface area contributed by atoms with Crippen LogP contribution in [0.1, 0.15) is 21.9 Å². The molecule has 4 heteroatoms. The van der Waals surface area contributed by atoms with Gasteiger partial charge in [0, 0.05) is 13.2 Å². The molecule has 0 N–H and O–H groups in total. The molecule has 0 radical (unpaired) electrons. The maximum atomic E-state index is 11.7. The molecule has 2 aromatic heterocycles. The van der Waals surface area contributed by atoms with Gasteiger partial charge in [-0.05, 0) is 31.2 Å². The quantitative estimate of drug-likeness (QED) is 0.583. The second-order valence-electron chi connectivity index (χ2n) is 3.55. The van der Waals surface area contributed by atoms with Crippen molar-refractivity contribution in [2.24, 2.45) is 7.05 Å². The Hall–Kier alpha value is -2.10. The van der Waals surface area contributed by atoms with Gasteiger partial charge in [0.1, 0.15) is 11.5 Å². The molecule has 0 fully saturated rings. The number of ketones is 1. The summed E-state index contributed by atoms with van der Waals surface area (Å²) >= 11 is 0. The van der Waals surface area contributed by atoms with Gasteiger partial charge < -0.3 is 4.42 Å². The van der Waals surface area contributed by atoms with E-state index < -0.39 is 0 Å². The van der Waals surface area contributed by atoms with Crippen molar-refractivity contribution >= 4 is 11.9 Å². The van der Waals surface area contributed by atoms with Crippen LogP contribution < -0.4 is 0 Å². The Morgan fingerprint density at radius 2 is 2.31 bits per heavy atom. The van der Waals surface area contributed by atoms with Crippen LogP contribution in [0, 0.1) is 6.92 Å². The Kier molecular flexibility index (Phi) is 2.72. The molecule has 0 spiro atoms. The van der Waals surface area contributed by atoms with E-state index in [4.69, 9.17) is 4.42 Å². The van der Waals surface area contributed by atoms with Gasteiger partial charge in [0.25, 0.3) is 0 Å². The molecule has 0 bridgehead atoms. The van der Waals surface area contributed by atoms with Crippen molar-refractivity contribution in [2.75, 3.05) is 0 Å². The van der Waals surface area contributed by atoms with Gasteiger partial charge in [0.05, 0.1) is 11.8 Å². The summed E-state index contributed by atoms with van der Waals surface area (Å²) < 4.78 is 6.91. The Labute approximate surface area is 93.2 Å². The van der Waals surface area contributed by atoms with Gasteiger partial charge in [0.2, 0.25) is 0 Å². The second-order valence-corrected chi connectivity index (χ2v) is 3.55. The highest BCUT2D eigenvalue weighted by molar-refractivity contribution is 6.06. The Balaban J connectivity index is 2.10. The van der Waals surface area contributed by atoms with E-state index in [0.29, 0.717) is 11.3 Å². The summed E-state index contributed by atoms with van der Waals surface area (Å²) in [4.78, 5) is 11.7. The Morgan fingerprint density at radius 1 is 1.50 bits per heavy atom. The van der Waals surface area contributed by atoms with Crippen molar-refractivity contribution < 1.29 is 9.21 Å². The van der Waals surface area contributed by atoms with E-state index in [0.717, 1.165) is 5.76 Å². The number of allylic oxidation sites excluding steroid dienone is 1. The van der Waals surface area contributed by atoms with Gasteiger partial charge in [-0.2, -0.15) is 5.10 Å². The number of hydrogen-bond donors (Lipinski definition) is 0. The average Bonchev–Trinajstić information content (AvgIpc) is 2.84. The number of furan rings is 1. The van der Waals surface area contributed by atoms with Crippen molar-refractivity contribution in [2.45, 2.75) is 6.92 Å². The maximum Gasteiger partial charge on any atom is 0.189 e. The van der Waals surface area contributed by atoms with E-state index in [-0.39, 0.29) is 5.78 Å². The van der Waals surface area contributed by atoms with E-state index in [9.17, 15) is 4.79 Å². The Morgan fingerprint density at radius 3 is 2.88 bits per heavy atom. The monoisotopic (exact) mass is 216 g/mol. The largest absolute Gasteiger partial charge is 0.462 e. The molecule has 0 atom stereocenters. The van der Waals surface area contributed by atoms with Crippen LogP contribution in [-0.2, 0) is 7.05 Å². The molecule has 4 nitrogen and oxygen atoms in total. The zero-order valence-corrected chi connectivity index (χ0v) is 9.18. The van der Waals surface area contributed by atoms with Crippen LogP contribution in [0.15, 0.2) is 35.0 Å². The fourth-order valence-electron chi connectivity index (χ4n) is 1.35. The molecule has 82 valence electrons. The minimum Gasteiger partial charge on any atom is -0.462 e. The van der Waals surface area contributed by atoms with Crippen LogP contribution in [0.4, 0.5) is 0 Å². The fraction of sp³-hybridized carbons (Fsp3) is 0.167. The topological polar surface area (TPSA) is 48.0 Å². The average molecular weight is 216 g/mol. The summed E-state index contributed by atoms with van der Waals surface area (Å²) in [6.45, 7) is 1.86. The minimum atomic E-state index is -0.0813. The van der Waals surface area contributed by atoms with E-state index in [1.165, 1.54) is 6.08 Å². The van der Waals surface area contributed by atoms with E-state index >= 15 is 0 Å². The van der Waals surface area contributed by atoms with Crippen molar-refractivity contribution in [3.63, 3.8) is 0 Å². The minimum absolute atomic E-state index is 0.0813. The number of aryl methyl sites for hydroxylation is 2. The third-order valence-electron chi connectivity index (χ3n) is 2.15. The summed E-state index contributed by atoms with van der Waals surface area (Å²) in [5.74, 6) is 1.42. The molecular formula is C12H12N2O2. The van der Waals surface area contributed by atoms with Crippen LogP contribution in [0.5, 0.6) is 0 Å². The lowest BCUT2D eigenvalue weighted by Gasteiger charge is -1.87. The van der Waals surface area contributed by atoms with E-state index in [2.05, 4.69) is 5.10 Å². The van der Waals surface area contributed by atoms with Crippen molar-refractivity contribution in [1.29, 1.82) is 0 Å². The van der Waals surface area contributed by atoms with E-state index in [1.807, 2.05) is 19.1 Å². The van der Waals surface area contributed by atoms with Gasteiger partial charge in [-0.15, -0.1) is 0 Å². The molecule has 0 amide bonds. The predicted octanol–water partition coefficient (Wildman–Crippen LogP) is 2.22. The molecular weight excluding hydrogens is 204 g/mol. The molecule has 0 aliphatic rings. The highest BCUT2D eigenvalue weighted by Crippen LogP contribution is 2.09. The third-order valence-corrected chi connectivity index (χ3v) is 2.15. The Bertz CT molecular complexity index is 535. The molecule has 0 unspecified atom stereocenters. The standard InChI is InChI=1S/C12H12N2O2/c1-9-3-4-11(16-9)5-6-12(15)10-7-13-14(2)8-10/h3-8H,1-2H3/b6-5+. The first kappa shape index (κ1) is 10.4. The van der Waals surface area contributed by atoms with Gasteiger partial charge in [-0.3, -0.25) is 9.48 Å². The smallest absolute Gasteiger partial charge is 0.189 e. The van der Waals surface area contributed by atoms with Gasteiger partial charge in [-0.25, -0.2) is 0 Å². The van der Waals surface area contributed by atoms with E-state index in [1.54, 1.807) is 30.2 Å². The zero-order valence-electron chi connectivity index (χ0n) is 9.18. The molecule has 2 aromatic rings. The molecule has 2 heterocycles. The van der Waals surface area contributed by atoms with Gasteiger partial charge in [0.15, 0.2) is 5.78 Å². The number of nitrogens with zero attached hydrogens (tertiary/aromatic N) is 2. The molecule has 0 saturated carbocycles. The highest BCUT2D eigenvalue weighted by Gasteiger charge is 2.03. The number of aromatic nitrogens is 2. The van der Waals surface area contributed by atoms with Crippen LogP contribution in [0.3, 0.4) is 0 Å². The van der Waals surface area contributed by atoms with Crippen LogP contribution >= 0.6 is 0 Å². The fourth-order valence-corrected chi connectivity index (χ4v) is 1.35. The number of rotatable bonds is 3. The summed E-state index contributed by atoms with van der Waals surface area (Å²) in [6, 6.07) is 3.68. The highest BCUT2D eigenvalue weighted by atomic mass is 16.3. The molecule has 0 aliphatic carbocycles.